The summed E-state index contributed by atoms with van der Waals surface area (Å²) in [6.45, 7) is 4.03. The predicted octanol–water partition coefficient (Wildman–Crippen LogP) is 7.87. The topological polar surface area (TPSA) is 111 Å². The molecule has 1 aromatic heterocycles. The highest BCUT2D eigenvalue weighted by atomic mass is 32.1. The van der Waals surface area contributed by atoms with Crippen molar-refractivity contribution < 1.29 is 9.85 Å². The Hall–Kier alpha value is -4.54. The van der Waals surface area contributed by atoms with Gasteiger partial charge in [-0.25, -0.2) is 4.98 Å². The van der Waals surface area contributed by atoms with Crippen LogP contribution in [0.15, 0.2) is 91.0 Å². The Morgan fingerprint density at radius 3 is 2.03 bits per heavy atom. The Kier molecular flexibility index (Phi) is 8.15. The van der Waals surface area contributed by atoms with E-state index in [1.54, 1.807) is 35.6 Å². The molecular formula is C28H22N4O4S2. The van der Waals surface area contributed by atoms with Crippen LogP contribution < -0.4 is 5.32 Å². The summed E-state index contributed by atoms with van der Waals surface area (Å²) in [5.41, 5.74) is 6.00. The maximum atomic E-state index is 10.6. The van der Waals surface area contributed by atoms with Crippen LogP contribution in [0.5, 0.6) is 0 Å². The van der Waals surface area contributed by atoms with Gasteiger partial charge in [0.05, 0.1) is 20.1 Å². The predicted molar refractivity (Wildman–Crippen MR) is 156 cm³/mol. The SMILES string of the molecule is Cc1ccc2sc(-c3ccc([N+](=O)[O-])cc3)nc2c1.Cc1cccc(NC(=S)c2ccc([N+](=O)[O-])cc2)c1. The van der Waals surface area contributed by atoms with E-state index in [4.69, 9.17) is 12.2 Å². The van der Waals surface area contributed by atoms with E-state index in [0.717, 1.165) is 37.6 Å². The smallest absolute Gasteiger partial charge is 0.269 e. The second kappa shape index (κ2) is 11.7. The second-order valence-corrected chi connectivity index (χ2v) is 9.86. The summed E-state index contributed by atoms with van der Waals surface area (Å²) >= 11 is 6.87. The number of non-ortho nitro benzene ring substituents is 2. The van der Waals surface area contributed by atoms with E-state index in [0.29, 0.717) is 4.99 Å². The average Bonchev–Trinajstić information content (AvgIpc) is 3.32. The zero-order chi connectivity index (χ0) is 27.2. The van der Waals surface area contributed by atoms with Gasteiger partial charge in [-0.3, -0.25) is 20.2 Å². The third kappa shape index (κ3) is 6.61. The summed E-state index contributed by atoms with van der Waals surface area (Å²) in [5, 5.41) is 25.2. The third-order valence-electron chi connectivity index (χ3n) is 5.48. The van der Waals surface area contributed by atoms with Gasteiger partial charge in [0.15, 0.2) is 0 Å². The van der Waals surface area contributed by atoms with Gasteiger partial charge in [0.2, 0.25) is 0 Å². The van der Waals surface area contributed by atoms with Gasteiger partial charge in [0, 0.05) is 41.1 Å². The van der Waals surface area contributed by atoms with E-state index in [9.17, 15) is 20.2 Å². The number of aryl methyl sites for hydroxylation is 2. The van der Waals surface area contributed by atoms with Crippen molar-refractivity contribution in [2.75, 3.05) is 5.32 Å². The van der Waals surface area contributed by atoms with E-state index in [-0.39, 0.29) is 11.4 Å². The van der Waals surface area contributed by atoms with E-state index in [2.05, 4.69) is 22.4 Å². The Balaban J connectivity index is 0.000000177. The summed E-state index contributed by atoms with van der Waals surface area (Å²) < 4.78 is 1.12. The number of thiocarbonyl (C=S) groups is 1. The Morgan fingerprint density at radius 1 is 0.816 bits per heavy atom. The summed E-state index contributed by atoms with van der Waals surface area (Å²) in [6, 6.07) is 26.7. The first-order valence-electron chi connectivity index (χ1n) is 11.4. The number of aromatic nitrogens is 1. The van der Waals surface area contributed by atoms with Gasteiger partial charge < -0.3 is 5.32 Å². The molecule has 0 fully saturated rings. The number of thiazole rings is 1. The van der Waals surface area contributed by atoms with E-state index in [1.807, 2.05) is 44.2 Å². The maximum Gasteiger partial charge on any atom is 0.269 e. The number of nitrogens with one attached hydrogen (secondary N) is 1. The van der Waals surface area contributed by atoms with Crippen molar-refractivity contribution in [1.82, 2.24) is 4.98 Å². The highest BCUT2D eigenvalue weighted by Crippen LogP contribution is 2.31. The lowest BCUT2D eigenvalue weighted by Crippen LogP contribution is -2.10. The van der Waals surface area contributed by atoms with Crippen LogP contribution in [0, 0.1) is 34.1 Å². The number of anilines is 1. The molecule has 0 aliphatic heterocycles. The molecule has 0 bridgehead atoms. The Morgan fingerprint density at radius 2 is 1.42 bits per heavy atom. The molecule has 5 aromatic rings. The number of fused-ring (bicyclic) bond motifs is 1. The number of benzene rings is 4. The molecule has 0 spiro atoms. The number of rotatable bonds is 5. The Labute approximate surface area is 227 Å². The second-order valence-electron chi connectivity index (χ2n) is 8.42. The van der Waals surface area contributed by atoms with E-state index >= 15 is 0 Å². The molecule has 0 radical (unpaired) electrons. The van der Waals surface area contributed by atoms with Crippen molar-refractivity contribution in [2.45, 2.75) is 13.8 Å². The zero-order valence-corrected chi connectivity index (χ0v) is 22.1. The largest absolute Gasteiger partial charge is 0.346 e. The molecule has 0 amide bonds. The standard InChI is InChI=1S/C14H10N2O2S.C14H12N2O2S/c1-9-2-7-13-12(8-9)15-14(19-13)10-3-5-11(6-4-10)16(17)18;1-10-3-2-4-12(9-10)15-14(19)11-5-7-13(8-6-11)16(17)18/h2-8H,1H3;2-9H,1H3,(H,15,19). The highest BCUT2D eigenvalue weighted by Gasteiger charge is 2.10. The minimum Gasteiger partial charge on any atom is -0.346 e. The lowest BCUT2D eigenvalue weighted by molar-refractivity contribution is -0.385. The molecule has 0 saturated carbocycles. The van der Waals surface area contributed by atoms with Crippen LogP contribution in [0.25, 0.3) is 20.8 Å². The van der Waals surface area contributed by atoms with E-state index in [1.165, 1.54) is 29.8 Å². The quantitative estimate of drug-likeness (QED) is 0.137. The van der Waals surface area contributed by atoms with Gasteiger partial charge in [-0.2, -0.15) is 0 Å². The molecule has 8 nitrogen and oxygen atoms in total. The molecule has 38 heavy (non-hydrogen) atoms. The van der Waals surface area contributed by atoms with Crippen LogP contribution in [0.4, 0.5) is 17.1 Å². The maximum absolute atomic E-state index is 10.6. The van der Waals surface area contributed by atoms with Crippen molar-refractivity contribution in [1.29, 1.82) is 0 Å². The molecule has 0 aliphatic rings. The molecule has 10 heteroatoms. The average molecular weight is 543 g/mol. The fourth-order valence-electron chi connectivity index (χ4n) is 3.55. The van der Waals surface area contributed by atoms with Gasteiger partial charge in [-0.1, -0.05) is 30.4 Å². The van der Waals surface area contributed by atoms with Crippen molar-refractivity contribution >= 4 is 55.8 Å². The lowest BCUT2D eigenvalue weighted by atomic mass is 10.2. The number of nitro groups is 2. The summed E-state index contributed by atoms with van der Waals surface area (Å²) in [4.78, 5) is 25.5. The molecule has 0 saturated heterocycles. The zero-order valence-electron chi connectivity index (χ0n) is 20.5. The van der Waals surface area contributed by atoms with Crippen LogP contribution in [-0.2, 0) is 0 Å². The van der Waals surface area contributed by atoms with Gasteiger partial charge >= 0.3 is 0 Å². The molecule has 0 unspecified atom stereocenters. The summed E-state index contributed by atoms with van der Waals surface area (Å²) in [6.07, 6.45) is 0. The number of hydrogen-bond acceptors (Lipinski definition) is 7. The molecule has 5 rings (SSSR count). The molecule has 1 heterocycles. The molecule has 0 atom stereocenters. The van der Waals surface area contributed by atoms with Crippen LogP contribution in [0.1, 0.15) is 16.7 Å². The van der Waals surface area contributed by atoms with Gasteiger partial charge in [-0.15, -0.1) is 11.3 Å². The van der Waals surface area contributed by atoms with Crippen molar-refractivity contribution in [3.05, 3.63) is 128 Å². The van der Waals surface area contributed by atoms with Crippen molar-refractivity contribution in [3.8, 4) is 10.6 Å². The first-order chi connectivity index (χ1) is 18.2. The normalized spacial score (nSPS) is 10.4. The Bertz CT molecular complexity index is 1630. The monoisotopic (exact) mass is 542 g/mol. The first-order valence-corrected chi connectivity index (χ1v) is 12.7. The fraction of sp³-hybridized carbons (Fsp3) is 0.0714. The first kappa shape index (κ1) is 26.5. The molecule has 1 N–H and O–H groups in total. The van der Waals surface area contributed by atoms with Crippen LogP contribution in [0.2, 0.25) is 0 Å². The number of hydrogen-bond donors (Lipinski definition) is 1. The van der Waals surface area contributed by atoms with Gasteiger partial charge in [0.1, 0.15) is 10.00 Å². The molecule has 190 valence electrons. The molecule has 0 aliphatic carbocycles. The van der Waals surface area contributed by atoms with Crippen LogP contribution >= 0.6 is 23.6 Å². The van der Waals surface area contributed by atoms with Crippen LogP contribution in [-0.4, -0.2) is 19.8 Å². The van der Waals surface area contributed by atoms with Gasteiger partial charge in [-0.05, 0) is 73.5 Å². The third-order valence-corrected chi connectivity index (χ3v) is 6.91. The number of nitrogens with zero attached hydrogens (tertiary/aromatic N) is 3. The number of nitro benzene ring substituents is 2. The van der Waals surface area contributed by atoms with Gasteiger partial charge in [0.25, 0.3) is 11.4 Å². The molecular weight excluding hydrogens is 520 g/mol. The highest BCUT2D eigenvalue weighted by molar-refractivity contribution is 7.81. The lowest BCUT2D eigenvalue weighted by Gasteiger charge is -2.08. The summed E-state index contributed by atoms with van der Waals surface area (Å²) in [7, 11) is 0. The van der Waals surface area contributed by atoms with Crippen molar-refractivity contribution in [2.24, 2.45) is 0 Å². The minimum absolute atomic E-state index is 0.0575. The fourth-order valence-corrected chi connectivity index (χ4v) is 4.75. The van der Waals surface area contributed by atoms with Crippen molar-refractivity contribution in [3.63, 3.8) is 0 Å². The summed E-state index contributed by atoms with van der Waals surface area (Å²) in [5.74, 6) is 0. The minimum atomic E-state index is -0.430. The van der Waals surface area contributed by atoms with E-state index < -0.39 is 9.85 Å². The van der Waals surface area contributed by atoms with Crippen LogP contribution in [0.3, 0.4) is 0 Å². The molecule has 4 aromatic carbocycles.